The molecule has 1 atom stereocenters. The maximum Gasteiger partial charge on any atom is 0.191 e. The Hall–Kier alpha value is -1.63. The largest absolute Gasteiger partial charge is 0.379 e. The van der Waals surface area contributed by atoms with E-state index in [4.69, 9.17) is 9.73 Å². The second-order valence-electron chi connectivity index (χ2n) is 8.85. The van der Waals surface area contributed by atoms with Crippen LogP contribution in [0, 0.1) is 5.92 Å². The molecule has 2 aliphatic heterocycles. The minimum atomic E-state index is 0.466. The maximum atomic E-state index is 5.46. The SMILES string of the molecule is CCNC(=NCc1cccc(CN2CCC(C)CC2)c1)NCC(C)N1CCOCC1. The van der Waals surface area contributed by atoms with Crippen molar-refractivity contribution in [2.75, 3.05) is 52.5 Å². The lowest BCUT2D eigenvalue weighted by atomic mass is 9.98. The Morgan fingerprint density at radius 2 is 1.87 bits per heavy atom. The van der Waals surface area contributed by atoms with Crippen LogP contribution in [0.25, 0.3) is 0 Å². The van der Waals surface area contributed by atoms with Gasteiger partial charge in [-0.25, -0.2) is 4.99 Å². The quantitative estimate of drug-likeness (QED) is 0.505. The van der Waals surface area contributed by atoms with Crippen LogP contribution in [0.2, 0.25) is 0 Å². The molecular formula is C24H41N5O. The fourth-order valence-electron chi connectivity index (χ4n) is 4.21. The average molecular weight is 416 g/mol. The first-order valence-corrected chi connectivity index (χ1v) is 11.8. The van der Waals surface area contributed by atoms with Gasteiger partial charge in [-0.05, 0) is 56.8 Å². The molecular weight excluding hydrogens is 374 g/mol. The van der Waals surface area contributed by atoms with E-state index in [0.29, 0.717) is 12.6 Å². The van der Waals surface area contributed by atoms with Gasteiger partial charge in [-0.1, -0.05) is 31.2 Å². The average Bonchev–Trinajstić information content (AvgIpc) is 2.78. The number of hydrogen-bond donors (Lipinski definition) is 2. The van der Waals surface area contributed by atoms with E-state index in [2.05, 4.69) is 65.5 Å². The Labute approximate surface area is 183 Å². The van der Waals surface area contributed by atoms with Gasteiger partial charge in [0.15, 0.2) is 5.96 Å². The normalized spacial score (nSPS) is 20.8. The Kier molecular flexibility index (Phi) is 9.43. The molecule has 2 saturated heterocycles. The molecule has 0 radical (unpaired) electrons. The minimum absolute atomic E-state index is 0.466. The molecule has 2 N–H and O–H groups in total. The Balaban J connectivity index is 1.51. The van der Waals surface area contributed by atoms with E-state index in [0.717, 1.165) is 57.8 Å². The van der Waals surface area contributed by atoms with Gasteiger partial charge in [0, 0.05) is 38.8 Å². The van der Waals surface area contributed by atoms with Gasteiger partial charge in [0.25, 0.3) is 0 Å². The number of aliphatic imine (C=N–C) groups is 1. The second kappa shape index (κ2) is 12.3. The first-order chi connectivity index (χ1) is 14.6. The van der Waals surface area contributed by atoms with Crippen LogP contribution < -0.4 is 10.6 Å². The number of guanidine groups is 1. The summed E-state index contributed by atoms with van der Waals surface area (Å²) in [6.45, 7) is 16.4. The molecule has 1 aromatic rings. The third kappa shape index (κ3) is 7.56. The lowest BCUT2D eigenvalue weighted by Crippen LogP contribution is -2.49. The lowest BCUT2D eigenvalue weighted by Gasteiger charge is -2.32. The number of benzene rings is 1. The number of piperidine rings is 1. The van der Waals surface area contributed by atoms with Crippen molar-refractivity contribution in [2.24, 2.45) is 10.9 Å². The smallest absolute Gasteiger partial charge is 0.191 e. The lowest BCUT2D eigenvalue weighted by molar-refractivity contribution is 0.0211. The van der Waals surface area contributed by atoms with Crippen molar-refractivity contribution in [3.05, 3.63) is 35.4 Å². The molecule has 0 amide bonds. The van der Waals surface area contributed by atoms with E-state index in [-0.39, 0.29) is 0 Å². The van der Waals surface area contributed by atoms with Crippen LogP contribution in [-0.4, -0.2) is 74.3 Å². The summed E-state index contributed by atoms with van der Waals surface area (Å²) in [4.78, 5) is 9.90. The fourth-order valence-corrected chi connectivity index (χ4v) is 4.21. The zero-order chi connectivity index (χ0) is 21.2. The van der Waals surface area contributed by atoms with E-state index in [1.165, 1.54) is 37.1 Å². The number of likely N-dealkylation sites (tertiary alicyclic amines) is 1. The van der Waals surface area contributed by atoms with E-state index in [1.54, 1.807) is 0 Å². The summed E-state index contributed by atoms with van der Waals surface area (Å²) in [5.74, 6) is 1.78. The number of morpholine rings is 1. The highest BCUT2D eigenvalue weighted by Crippen LogP contribution is 2.18. The van der Waals surface area contributed by atoms with Gasteiger partial charge in [-0.3, -0.25) is 9.80 Å². The van der Waals surface area contributed by atoms with Gasteiger partial charge >= 0.3 is 0 Å². The fraction of sp³-hybridized carbons (Fsp3) is 0.708. The van der Waals surface area contributed by atoms with Crippen LogP contribution >= 0.6 is 0 Å². The molecule has 3 rings (SSSR count). The summed E-state index contributed by atoms with van der Waals surface area (Å²) in [6, 6.07) is 9.40. The monoisotopic (exact) mass is 415 g/mol. The topological polar surface area (TPSA) is 52.1 Å². The van der Waals surface area contributed by atoms with Crippen molar-refractivity contribution in [3.63, 3.8) is 0 Å². The molecule has 0 spiro atoms. The summed E-state index contributed by atoms with van der Waals surface area (Å²) in [7, 11) is 0. The molecule has 0 saturated carbocycles. The standard InChI is InChI=1S/C24H41N5O/c1-4-25-24(26-17-21(3)29-12-14-30-15-13-29)27-18-22-6-5-7-23(16-22)19-28-10-8-20(2)9-11-28/h5-7,16,20-21H,4,8-15,17-19H2,1-3H3,(H2,25,26,27). The Morgan fingerprint density at radius 3 is 2.60 bits per heavy atom. The molecule has 6 nitrogen and oxygen atoms in total. The molecule has 30 heavy (non-hydrogen) atoms. The summed E-state index contributed by atoms with van der Waals surface area (Å²) in [6.07, 6.45) is 2.65. The second-order valence-corrected chi connectivity index (χ2v) is 8.85. The molecule has 0 bridgehead atoms. The number of rotatable bonds is 8. The highest BCUT2D eigenvalue weighted by atomic mass is 16.5. The van der Waals surface area contributed by atoms with Crippen molar-refractivity contribution >= 4 is 5.96 Å². The Bertz CT molecular complexity index is 651. The molecule has 0 aromatic heterocycles. The van der Waals surface area contributed by atoms with E-state index >= 15 is 0 Å². The van der Waals surface area contributed by atoms with Crippen molar-refractivity contribution in [3.8, 4) is 0 Å². The maximum absolute atomic E-state index is 5.46. The molecule has 6 heteroatoms. The number of ether oxygens (including phenoxy) is 1. The van der Waals surface area contributed by atoms with Gasteiger partial charge in [0.05, 0.1) is 19.8 Å². The van der Waals surface area contributed by atoms with E-state index in [9.17, 15) is 0 Å². The predicted octanol–water partition coefficient (Wildman–Crippen LogP) is 2.69. The van der Waals surface area contributed by atoms with Gasteiger partial charge in [-0.2, -0.15) is 0 Å². The summed E-state index contributed by atoms with van der Waals surface area (Å²) in [5, 5.41) is 6.90. The summed E-state index contributed by atoms with van der Waals surface area (Å²) < 4.78 is 5.46. The highest BCUT2D eigenvalue weighted by molar-refractivity contribution is 5.79. The molecule has 1 aromatic carbocycles. The zero-order valence-electron chi connectivity index (χ0n) is 19.2. The summed E-state index contributed by atoms with van der Waals surface area (Å²) in [5.41, 5.74) is 2.67. The van der Waals surface area contributed by atoms with Crippen LogP contribution in [0.1, 0.15) is 44.7 Å². The van der Waals surface area contributed by atoms with Crippen LogP contribution in [0.3, 0.4) is 0 Å². The van der Waals surface area contributed by atoms with Gasteiger partial charge in [0.2, 0.25) is 0 Å². The number of nitrogens with one attached hydrogen (secondary N) is 2. The first-order valence-electron chi connectivity index (χ1n) is 11.8. The minimum Gasteiger partial charge on any atom is -0.379 e. The zero-order valence-corrected chi connectivity index (χ0v) is 19.2. The van der Waals surface area contributed by atoms with Gasteiger partial charge in [-0.15, -0.1) is 0 Å². The first kappa shape index (κ1) is 23.0. The van der Waals surface area contributed by atoms with Crippen LogP contribution in [0.15, 0.2) is 29.3 Å². The van der Waals surface area contributed by atoms with E-state index in [1.807, 2.05) is 0 Å². The van der Waals surface area contributed by atoms with Crippen molar-refractivity contribution in [1.29, 1.82) is 0 Å². The van der Waals surface area contributed by atoms with Crippen LogP contribution in [0.5, 0.6) is 0 Å². The molecule has 0 aliphatic carbocycles. The third-order valence-electron chi connectivity index (χ3n) is 6.27. The van der Waals surface area contributed by atoms with Gasteiger partial charge < -0.3 is 15.4 Å². The third-order valence-corrected chi connectivity index (χ3v) is 6.27. The summed E-state index contributed by atoms with van der Waals surface area (Å²) >= 11 is 0. The predicted molar refractivity (Wildman–Crippen MR) is 125 cm³/mol. The number of hydrogen-bond acceptors (Lipinski definition) is 4. The molecule has 2 aliphatic rings. The van der Waals surface area contributed by atoms with Crippen LogP contribution in [-0.2, 0) is 17.8 Å². The highest BCUT2D eigenvalue weighted by Gasteiger charge is 2.17. The van der Waals surface area contributed by atoms with Crippen molar-refractivity contribution < 1.29 is 4.74 Å². The van der Waals surface area contributed by atoms with Gasteiger partial charge in [0.1, 0.15) is 0 Å². The van der Waals surface area contributed by atoms with Crippen molar-refractivity contribution in [2.45, 2.75) is 52.7 Å². The molecule has 168 valence electrons. The molecule has 2 fully saturated rings. The molecule has 1 unspecified atom stereocenters. The van der Waals surface area contributed by atoms with E-state index < -0.39 is 0 Å². The van der Waals surface area contributed by atoms with Crippen molar-refractivity contribution in [1.82, 2.24) is 20.4 Å². The van der Waals surface area contributed by atoms with Crippen LogP contribution in [0.4, 0.5) is 0 Å². The Morgan fingerprint density at radius 1 is 1.13 bits per heavy atom. The molecule has 2 heterocycles. The number of nitrogens with zero attached hydrogens (tertiary/aromatic N) is 3.